The van der Waals surface area contributed by atoms with Gasteiger partial charge in [-0.2, -0.15) is 0 Å². The van der Waals surface area contributed by atoms with Crippen LogP contribution in [-0.2, 0) is 6.42 Å². The van der Waals surface area contributed by atoms with Gasteiger partial charge in [0.1, 0.15) is 11.2 Å². The van der Waals surface area contributed by atoms with Gasteiger partial charge in [-0.3, -0.25) is 4.99 Å². The highest BCUT2D eigenvalue weighted by Crippen LogP contribution is 2.41. The van der Waals surface area contributed by atoms with Gasteiger partial charge >= 0.3 is 0 Å². The predicted molar refractivity (Wildman–Crippen MR) is 244 cm³/mol. The fourth-order valence-electron chi connectivity index (χ4n) is 7.92. The second kappa shape index (κ2) is 15.3. The van der Waals surface area contributed by atoms with Crippen LogP contribution in [0.4, 0.5) is 0 Å². The number of hydrogen-bond donors (Lipinski definition) is 0. The van der Waals surface area contributed by atoms with Crippen molar-refractivity contribution >= 4 is 76.6 Å². The molecule has 0 aliphatic heterocycles. The Kier molecular flexibility index (Phi) is 9.31. The number of benzene rings is 7. The van der Waals surface area contributed by atoms with Gasteiger partial charge in [0.15, 0.2) is 5.84 Å². The Balaban J connectivity index is 1.04. The average molecular weight is 751 g/mol. The molecule has 0 radical (unpaired) electrons. The van der Waals surface area contributed by atoms with Crippen LogP contribution in [0.2, 0.25) is 0 Å². The highest BCUT2D eigenvalue weighted by Gasteiger charge is 2.16. The number of fused-ring (bicyclic) bond motifs is 6. The zero-order chi connectivity index (χ0) is 38.0. The van der Waals surface area contributed by atoms with Gasteiger partial charge in [0.05, 0.1) is 0 Å². The Morgan fingerprint density at radius 2 is 1.37 bits per heavy atom. The maximum absolute atomic E-state index is 6.29. The minimum absolute atomic E-state index is 0.622. The van der Waals surface area contributed by atoms with Gasteiger partial charge in [0.25, 0.3) is 0 Å². The van der Waals surface area contributed by atoms with Crippen molar-refractivity contribution in [2.75, 3.05) is 6.54 Å². The summed E-state index contributed by atoms with van der Waals surface area (Å²) in [5.74, 6) is 0.688. The molecule has 0 fully saturated rings. The summed E-state index contributed by atoms with van der Waals surface area (Å²) in [5.41, 5.74) is 12.3. The van der Waals surface area contributed by atoms with Crippen molar-refractivity contribution in [3.8, 4) is 11.1 Å². The van der Waals surface area contributed by atoms with Crippen LogP contribution in [-0.4, -0.2) is 18.6 Å². The number of hydrogen-bond acceptors (Lipinski definition) is 3. The van der Waals surface area contributed by atoms with Gasteiger partial charge in [-0.05, 0) is 94.3 Å². The fourth-order valence-corrected chi connectivity index (χ4v) is 9.04. The van der Waals surface area contributed by atoms with Gasteiger partial charge in [0.2, 0.25) is 0 Å². The number of furan rings is 1. The molecule has 0 saturated carbocycles. The lowest BCUT2D eigenvalue weighted by Crippen LogP contribution is -2.01. The minimum Gasteiger partial charge on any atom is -0.456 e. The number of thiophene rings is 1. The molecule has 7 aromatic carbocycles. The summed E-state index contributed by atoms with van der Waals surface area (Å²) in [4.78, 5) is 10.3. The fraction of sp³-hybridized carbons (Fsp3) is 0.0566. The highest BCUT2D eigenvalue weighted by atomic mass is 32.1. The molecule has 0 unspecified atom stereocenters. The third-order valence-electron chi connectivity index (χ3n) is 10.7. The summed E-state index contributed by atoms with van der Waals surface area (Å²) in [6, 6.07) is 58.0. The number of nitrogens with zero attached hydrogens (tertiary/aromatic N) is 2. The molecule has 9 aromatic rings. The van der Waals surface area contributed by atoms with Crippen molar-refractivity contribution in [1.82, 2.24) is 0 Å². The summed E-state index contributed by atoms with van der Waals surface area (Å²) in [5, 5.41) is 4.64. The lowest BCUT2D eigenvalue weighted by atomic mass is 9.89. The third kappa shape index (κ3) is 6.97. The van der Waals surface area contributed by atoms with Crippen LogP contribution in [0.15, 0.2) is 202 Å². The van der Waals surface area contributed by atoms with E-state index in [-0.39, 0.29) is 0 Å². The van der Waals surface area contributed by atoms with Crippen molar-refractivity contribution in [3.63, 3.8) is 0 Å². The van der Waals surface area contributed by atoms with E-state index in [0.29, 0.717) is 12.4 Å². The molecule has 0 bridgehead atoms. The molecule has 0 amide bonds. The lowest BCUT2D eigenvalue weighted by molar-refractivity contribution is 0.669. The number of allylic oxidation sites excluding steroid dienone is 6. The first-order valence-corrected chi connectivity index (χ1v) is 20.3. The van der Waals surface area contributed by atoms with E-state index in [1.165, 1.54) is 59.1 Å². The number of amidine groups is 1. The Morgan fingerprint density at radius 3 is 2.28 bits per heavy atom. The summed E-state index contributed by atoms with van der Waals surface area (Å²) in [7, 11) is 0. The van der Waals surface area contributed by atoms with Gasteiger partial charge in [0, 0.05) is 54.8 Å². The van der Waals surface area contributed by atoms with Crippen molar-refractivity contribution in [3.05, 3.63) is 216 Å². The van der Waals surface area contributed by atoms with E-state index >= 15 is 0 Å². The molecule has 1 aliphatic carbocycles. The van der Waals surface area contributed by atoms with Crippen LogP contribution >= 0.6 is 11.3 Å². The average Bonchev–Trinajstić information content (AvgIpc) is 3.73. The van der Waals surface area contributed by atoms with E-state index in [1.54, 1.807) is 0 Å². The number of aliphatic imine (C=N–C) groups is 2. The minimum atomic E-state index is 0.622. The van der Waals surface area contributed by atoms with Crippen LogP contribution in [0.25, 0.3) is 64.4 Å². The van der Waals surface area contributed by atoms with Crippen molar-refractivity contribution in [1.29, 1.82) is 0 Å². The Morgan fingerprint density at radius 1 is 0.596 bits per heavy atom. The van der Waals surface area contributed by atoms with Crippen LogP contribution in [0, 0.1) is 0 Å². The molecule has 3 nitrogen and oxygen atoms in total. The van der Waals surface area contributed by atoms with Crippen molar-refractivity contribution < 1.29 is 4.42 Å². The number of rotatable bonds is 8. The van der Waals surface area contributed by atoms with E-state index < -0.39 is 0 Å². The maximum atomic E-state index is 6.29. The molecular weight excluding hydrogens is 713 g/mol. The van der Waals surface area contributed by atoms with Crippen LogP contribution in [0.5, 0.6) is 0 Å². The Labute approximate surface area is 336 Å². The molecule has 2 heterocycles. The Bertz CT molecular complexity index is 3090. The molecule has 0 N–H and O–H groups in total. The first-order valence-electron chi connectivity index (χ1n) is 19.5. The summed E-state index contributed by atoms with van der Waals surface area (Å²) in [6.07, 6.45) is 12.8. The van der Waals surface area contributed by atoms with Gasteiger partial charge in [-0.25, -0.2) is 4.99 Å². The SMILES string of the molecule is C1=CCC=C(c2cccc(-c3ccccc3)c2)C(c2ccc3sc4cccc(C=NC(=NCCc5ccccc5)c5ccc6c(c5)oc5ccccc56)c4c3c2)=C1. The molecule has 0 atom stereocenters. The maximum Gasteiger partial charge on any atom is 0.154 e. The normalized spacial score (nSPS) is 13.5. The molecule has 2 aromatic heterocycles. The molecule has 272 valence electrons. The third-order valence-corrected chi connectivity index (χ3v) is 11.9. The van der Waals surface area contributed by atoms with Gasteiger partial charge in [-0.1, -0.05) is 146 Å². The second-order valence-corrected chi connectivity index (χ2v) is 15.4. The number of para-hydroxylation sites is 1. The standard InChI is InChI=1S/C53H38N2OS/c1-4-14-36(15-5-1)30-31-54-53(41-26-28-46-45-23-10-11-24-48(45)56-49(46)34-41)55-35-42-20-13-25-51-52(42)47-33-40(27-29-50(47)57-51)44-22-9-3-8-21-43(44)39-19-12-18-38(32-39)37-16-6-2-7-17-37/h1-7,9-29,32-35H,8,30-31H2. The van der Waals surface area contributed by atoms with Crippen molar-refractivity contribution in [2.45, 2.75) is 12.8 Å². The van der Waals surface area contributed by atoms with Crippen LogP contribution in [0.3, 0.4) is 0 Å². The monoisotopic (exact) mass is 750 g/mol. The highest BCUT2D eigenvalue weighted by molar-refractivity contribution is 7.25. The second-order valence-electron chi connectivity index (χ2n) is 14.4. The molecule has 4 heteroatoms. The molecule has 57 heavy (non-hydrogen) atoms. The Hall–Kier alpha value is -6.88. The smallest absolute Gasteiger partial charge is 0.154 e. The van der Waals surface area contributed by atoms with Gasteiger partial charge < -0.3 is 4.42 Å². The van der Waals surface area contributed by atoms with Crippen LogP contribution in [0.1, 0.15) is 34.2 Å². The summed E-state index contributed by atoms with van der Waals surface area (Å²) >= 11 is 1.83. The zero-order valence-corrected chi connectivity index (χ0v) is 32.1. The van der Waals surface area contributed by atoms with E-state index in [1.807, 2.05) is 35.8 Å². The summed E-state index contributed by atoms with van der Waals surface area (Å²) in [6.45, 7) is 0.622. The first-order chi connectivity index (χ1) is 28.2. The topological polar surface area (TPSA) is 37.9 Å². The largest absolute Gasteiger partial charge is 0.456 e. The zero-order valence-electron chi connectivity index (χ0n) is 31.3. The van der Waals surface area contributed by atoms with Crippen LogP contribution < -0.4 is 0 Å². The molecule has 10 rings (SSSR count). The van der Waals surface area contributed by atoms with E-state index in [4.69, 9.17) is 14.4 Å². The van der Waals surface area contributed by atoms with Crippen molar-refractivity contribution in [2.24, 2.45) is 9.98 Å². The molecule has 0 spiro atoms. The van der Waals surface area contributed by atoms with Gasteiger partial charge in [-0.15, -0.1) is 11.3 Å². The van der Waals surface area contributed by atoms with E-state index in [0.717, 1.165) is 45.9 Å². The molecule has 1 aliphatic rings. The lowest BCUT2D eigenvalue weighted by Gasteiger charge is -2.14. The summed E-state index contributed by atoms with van der Waals surface area (Å²) < 4.78 is 8.78. The predicted octanol–water partition coefficient (Wildman–Crippen LogP) is 14.2. The molecular formula is C53H38N2OS. The van der Waals surface area contributed by atoms with E-state index in [2.05, 4.69) is 170 Å². The molecule has 0 saturated heterocycles. The quantitative estimate of drug-likeness (QED) is 0.113. The first kappa shape index (κ1) is 34.6. The van der Waals surface area contributed by atoms with E-state index in [9.17, 15) is 0 Å².